The van der Waals surface area contributed by atoms with Crippen LogP contribution in [0.15, 0.2) is 24.3 Å². The summed E-state index contributed by atoms with van der Waals surface area (Å²) in [5.74, 6) is -0.707. The van der Waals surface area contributed by atoms with E-state index in [0.717, 1.165) is 41.5 Å². The molecular weight excluding hydrogens is 274 g/mol. The van der Waals surface area contributed by atoms with E-state index in [0.29, 0.717) is 4.88 Å². The highest BCUT2D eigenvalue weighted by Gasteiger charge is 2.22. The fourth-order valence-corrected chi connectivity index (χ4v) is 3.54. The van der Waals surface area contributed by atoms with Gasteiger partial charge in [-0.2, -0.15) is 0 Å². The summed E-state index contributed by atoms with van der Waals surface area (Å²) < 4.78 is 0.918. The summed E-state index contributed by atoms with van der Waals surface area (Å²) in [4.78, 5) is 23.3. The quantitative estimate of drug-likeness (QED) is 0.904. The minimum atomic E-state index is -0.914. The third kappa shape index (κ3) is 2.54. The highest BCUT2D eigenvalue weighted by Crippen LogP contribution is 2.30. The highest BCUT2D eigenvalue weighted by molar-refractivity contribution is 7.20. The summed E-state index contributed by atoms with van der Waals surface area (Å²) in [5, 5.41) is 12.8. The molecule has 0 bridgehead atoms. The number of fused-ring (bicyclic) bond motifs is 1. The fraction of sp³-hybridized carbons (Fsp3) is 0.333. The first-order chi connectivity index (χ1) is 9.63. The Labute approximate surface area is 120 Å². The number of carbonyl (C=O) groups excluding carboxylic acids is 1. The van der Waals surface area contributed by atoms with E-state index in [4.69, 9.17) is 5.11 Å². The van der Waals surface area contributed by atoms with Crippen LogP contribution in [0.25, 0.3) is 10.1 Å². The Kier molecular flexibility index (Phi) is 3.44. The van der Waals surface area contributed by atoms with Gasteiger partial charge in [0.1, 0.15) is 4.88 Å². The van der Waals surface area contributed by atoms with Crippen LogP contribution in [0.1, 0.15) is 35.4 Å². The second-order valence-corrected chi connectivity index (χ2v) is 6.22. The van der Waals surface area contributed by atoms with Crippen LogP contribution in [-0.4, -0.2) is 17.0 Å². The molecule has 1 aromatic heterocycles. The van der Waals surface area contributed by atoms with Crippen LogP contribution in [0.2, 0.25) is 0 Å². The van der Waals surface area contributed by atoms with Gasteiger partial charge in [0.05, 0.1) is 0 Å². The van der Waals surface area contributed by atoms with E-state index in [-0.39, 0.29) is 11.8 Å². The lowest BCUT2D eigenvalue weighted by Crippen LogP contribution is -2.20. The van der Waals surface area contributed by atoms with Crippen molar-refractivity contribution < 1.29 is 14.7 Å². The maximum atomic E-state index is 12.1. The molecule has 0 saturated heterocycles. The average Bonchev–Trinajstić information content (AvgIpc) is 3.07. The molecule has 0 atom stereocenters. The number of carboxylic acid groups (broad SMARTS) is 1. The molecule has 1 aliphatic carbocycles. The van der Waals surface area contributed by atoms with Crippen molar-refractivity contribution in [3.8, 4) is 0 Å². The zero-order valence-corrected chi connectivity index (χ0v) is 11.7. The number of nitrogens with one attached hydrogen (secondary N) is 1. The lowest BCUT2D eigenvalue weighted by atomic mass is 10.1. The van der Waals surface area contributed by atoms with Gasteiger partial charge in [0.15, 0.2) is 0 Å². The van der Waals surface area contributed by atoms with E-state index in [1.54, 1.807) is 6.07 Å². The number of anilines is 1. The Morgan fingerprint density at radius 1 is 1.20 bits per heavy atom. The van der Waals surface area contributed by atoms with Crippen LogP contribution in [-0.2, 0) is 4.79 Å². The average molecular weight is 289 g/mol. The van der Waals surface area contributed by atoms with Gasteiger partial charge in [0.2, 0.25) is 5.91 Å². The first-order valence-electron chi connectivity index (χ1n) is 6.71. The van der Waals surface area contributed by atoms with Gasteiger partial charge < -0.3 is 10.4 Å². The normalized spacial score (nSPS) is 15.6. The number of aromatic carboxylic acids is 1. The number of hydrogen-bond acceptors (Lipinski definition) is 3. The summed E-state index contributed by atoms with van der Waals surface area (Å²) in [5.41, 5.74) is 0.740. The summed E-state index contributed by atoms with van der Waals surface area (Å²) in [6.45, 7) is 0. The van der Waals surface area contributed by atoms with E-state index in [9.17, 15) is 9.59 Å². The molecule has 1 saturated carbocycles. The van der Waals surface area contributed by atoms with E-state index in [1.807, 2.05) is 18.2 Å². The van der Waals surface area contributed by atoms with Crippen molar-refractivity contribution in [2.75, 3.05) is 5.32 Å². The topological polar surface area (TPSA) is 66.4 Å². The summed E-state index contributed by atoms with van der Waals surface area (Å²) in [6, 6.07) is 7.17. The minimum absolute atomic E-state index is 0.0792. The van der Waals surface area contributed by atoms with Crippen molar-refractivity contribution in [1.29, 1.82) is 0 Å². The Morgan fingerprint density at radius 3 is 2.65 bits per heavy atom. The van der Waals surface area contributed by atoms with E-state index in [2.05, 4.69) is 5.32 Å². The number of amides is 1. The Balaban J connectivity index is 1.81. The zero-order valence-electron chi connectivity index (χ0n) is 10.9. The molecule has 1 aromatic carbocycles. The van der Waals surface area contributed by atoms with Gasteiger partial charge in [-0.05, 0) is 42.5 Å². The number of benzene rings is 1. The van der Waals surface area contributed by atoms with Gasteiger partial charge in [-0.25, -0.2) is 4.79 Å². The Hall–Kier alpha value is -1.88. The standard InChI is InChI=1S/C15H15NO3S/c17-14(9-3-1-2-4-9)16-11-5-6-12-10(7-11)8-13(20-12)15(18)19/h5-9H,1-4H2,(H,16,17)(H,18,19). The molecule has 1 fully saturated rings. The van der Waals surface area contributed by atoms with Crippen LogP contribution in [0, 0.1) is 5.92 Å². The van der Waals surface area contributed by atoms with Crippen LogP contribution >= 0.6 is 11.3 Å². The Bertz CT molecular complexity index is 671. The first kappa shape index (κ1) is 13.1. The predicted molar refractivity (Wildman–Crippen MR) is 79.4 cm³/mol. The number of hydrogen-bond donors (Lipinski definition) is 2. The van der Waals surface area contributed by atoms with Crippen molar-refractivity contribution in [3.05, 3.63) is 29.1 Å². The van der Waals surface area contributed by atoms with E-state index in [1.165, 1.54) is 11.3 Å². The van der Waals surface area contributed by atoms with Gasteiger partial charge in [0.25, 0.3) is 0 Å². The molecule has 1 heterocycles. The van der Waals surface area contributed by atoms with E-state index >= 15 is 0 Å². The second kappa shape index (κ2) is 5.25. The van der Waals surface area contributed by atoms with Crippen LogP contribution in [0.3, 0.4) is 0 Å². The van der Waals surface area contributed by atoms with Gasteiger partial charge in [-0.3, -0.25) is 4.79 Å². The van der Waals surface area contributed by atoms with Gasteiger partial charge in [0, 0.05) is 16.3 Å². The molecule has 20 heavy (non-hydrogen) atoms. The van der Waals surface area contributed by atoms with Crippen molar-refractivity contribution >= 4 is 39.0 Å². The molecule has 1 amide bonds. The van der Waals surface area contributed by atoms with Gasteiger partial charge in [-0.15, -0.1) is 11.3 Å². The molecule has 0 radical (unpaired) electrons. The van der Waals surface area contributed by atoms with Crippen molar-refractivity contribution in [2.45, 2.75) is 25.7 Å². The summed E-state index contributed by atoms with van der Waals surface area (Å²) in [6.07, 6.45) is 4.19. The monoisotopic (exact) mass is 289 g/mol. The fourth-order valence-electron chi connectivity index (χ4n) is 2.66. The molecule has 5 heteroatoms. The lowest BCUT2D eigenvalue weighted by molar-refractivity contribution is -0.119. The van der Waals surface area contributed by atoms with Gasteiger partial charge in [-0.1, -0.05) is 12.8 Å². The molecule has 0 aliphatic heterocycles. The molecule has 0 spiro atoms. The largest absolute Gasteiger partial charge is 0.477 e. The molecule has 2 aromatic rings. The molecule has 104 valence electrons. The maximum Gasteiger partial charge on any atom is 0.345 e. The van der Waals surface area contributed by atoms with Gasteiger partial charge >= 0.3 is 5.97 Å². The van der Waals surface area contributed by atoms with Crippen LogP contribution in [0.5, 0.6) is 0 Å². The SMILES string of the molecule is O=C(O)c1cc2cc(NC(=O)C3CCCC3)ccc2s1. The maximum absolute atomic E-state index is 12.1. The lowest BCUT2D eigenvalue weighted by Gasteiger charge is -2.10. The molecular formula is C15H15NO3S. The summed E-state index contributed by atoms with van der Waals surface area (Å²) in [7, 11) is 0. The number of carboxylic acids is 1. The zero-order chi connectivity index (χ0) is 14.1. The molecule has 4 nitrogen and oxygen atoms in total. The third-order valence-electron chi connectivity index (χ3n) is 3.72. The van der Waals surface area contributed by atoms with Crippen molar-refractivity contribution in [3.63, 3.8) is 0 Å². The van der Waals surface area contributed by atoms with Crippen molar-refractivity contribution in [1.82, 2.24) is 0 Å². The number of thiophene rings is 1. The van der Waals surface area contributed by atoms with Crippen molar-refractivity contribution in [2.24, 2.45) is 5.92 Å². The van der Waals surface area contributed by atoms with Crippen LogP contribution in [0.4, 0.5) is 5.69 Å². The number of rotatable bonds is 3. The first-order valence-corrected chi connectivity index (χ1v) is 7.53. The molecule has 0 unspecified atom stereocenters. The smallest absolute Gasteiger partial charge is 0.345 e. The third-order valence-corrected chi connectivity index (χ3v) is 4.82. The highest BCUT2D eigenvalue weighted by atomic mass is 32.1. The minimum Gasteiger partial charge on any atom is -0.477 e. The molecule has 2 N–H and O–H groups in total. The number of carbonyl (C=O) groups is 2. The molecule has 1 aliphatic rings. The molecule has 3 rings (SSSR count). The Morgan fingerprint density at radius 2 is 1.95 bits per heavy atom. The van der Waals surface area contributed by atoms with E-state index < -0.39 is 5.97 Å². The second-order valence-electron chi connectivity index (χ2n) is 5.14. The predicted octanol–water partition coefficient (Wildman–Crippen LogP) is 3.73. The van der Waals surface area contributed by atoms with Crippen LogP contribution < -0.4 is 5.32 Å². The summed E-state index contributed by atoms with van der Waals surface area (Å²) >= 11 is 1.25.